The molecule has 0 radical (unpaired) electrons. The van der Waals surface area contributed by atoms with E-state index in [1.807, 2.05) is 30.3 Å². The van der Waals surface area contributed by atoms with Crippen LogP contribution in [-0.4, -0.2) is 38.5 Å². The first-order chi connectivity index (χ1) is 15.0. The second kappa shape index (κ2) is 7.07. The minimum absolute atomic E-state index is 0.0434. The lowest BCUT2D eigenvalue weighted by atomic mass is 9.69. The quantitative estimate of drug-likeness (QED) is 0.611. The van der Waals surface area contributed by atoms with Crippen LogP contribution in [0.15, 0.2) is 53.1 Å². The highest BCUT2D eigenvalue weighted by molar-refractivity contribution is 7.90. The van der Waals surface area contributed by atoms with Crippen molar-refractivity contribution in [2.75, 3.05) is 5.75 Å². The number of sulfonamides is 1. The van der Waals surface area contributed by atoms with Crippen molar-refractivity contribution >= 4 is 29.2 Å². The normalized spacial score (nSPS) is 30.9. The summed E-state index contributed by atoms with van der Waals surface area (Å²) in [5, 5.41) is 1.23. The standard InChI is InChI=1S/C25H33NO4SSi/c1-24(2)18-12-13-25(24)17-31(28,29)26(22(25)15-18)23(27)16-21(20-11-8-14-30-20)32(3,4)19-9-6-5-7-10-19/h5-11,14,18,21-22H,12-13,15-17H2,1-4H3/t18-,21-,22-,25-/m1/s1. The van der Waals surface area contributed by atoms with Crippen LogP contribution in [0.3, 0.4) is 0 Å². The van der Waals surface area contributed by atoms with Gasteiger partial charge in [-0.2, -0.15) is 0 Å². The molecule has 5 rings (SSSR count). The number of carbonyl (C=O) groups is 1. The number of amides is 1. The largest absolute Gasteiger partial charge is 0.469 e. The van der Waals surface area contributed by atoms with Crippen molar-refractivity contribution < 1.29 is 17.6 Å². The predicted octanol–water partition coefficient (Wildman–Crippen LogP) is 4.28. The first-order valence-electron chi connectivity index (χ1n) is 11.6. The molecule has 0 N–H and O–H groups in total. The molecule has 1 saturated heterocycles. The molecule has 1 aromatic heterocycles. The number of carbonyl (C=O) groups excluding carboxylic acids is 1. The topological polar surface area (TPSA) is 67.6 Å². The number of fused-ring (bicyclic) bond motifs is 1. The summed E-state index contributed by atoms with van der Waals surface area (Å²) < 4.78 is 33.9. The zero-order valence-corrected chi connectivity index (χ0v) is 21.2. The molecule has 2 aromatic rings. The molecule has 2 aliphatic carbocycles. The van der Waals surface area contributed by atoms with Gasteiger partial charge < -0.3 is 4.42 Å². The Balaban J connectivity index is 1.50. The minimum atomic E-state index is -3.62. The summed E-state index contributed by atoms with van der Waals surface area (Å²) in [5.41, 5.74) is -0.470. The molecule has 0 unspecified atom stereocenters. The van der Waals surface area contributed by atoms with Crippen molar-refractivity contribution in [3.05, 3.63) is 54.5 Å². The third kappa shape index (κ3) is 2.93. The summed E-state index contributed by atoms with van der Waals surface area (Å²) in [6, 6.07) is 13.9. The van der Waals surface area contributed by atoms with Gasteiger partial charge >= 0.3 is 0 Å². The highest BCUT2D eigenvalue weighted by atomic mass is 32.2. The first-order valence-corrected chi connectivity index (χ1v) is 16.3. The van der Waals surface area contributed by atoms with Gasteiger partial charge in [0, 0.05) is 17.4 Å². The number of hydrogen-bond donors (Lipinski definition) is 0. The van der Waals surface area contributed by atoms with Gasteiger partial charge in [-0.3, -0.25) is 4.79 Å². The van der Waals surface area contributed by atoms with Crippen LogP contribution in [-0.2, 0) is 14.8 Å². The second-order valence-corrected chi connectivity index (χ2v) is 17.7. The average Bonchev–Trinajstić information content (AvgIpc) is 3.44. The van der Waals surface area contributed by atoms with E-state index >= 15 is 0 Å². The van der Waals surface area contributed by atoms with E-state index in [-0.39, 0.29) is 40.5 Å². The van der Waals surface area contributed by atoms with E-state index in [0.29, 0.717) is 5.92 Å². The van der Waals surface area contributed by atoms with Crippen molar-refractivity contribution in [3.63, 3.8) is 0 Å². The Morgan fingerprint density at radius 2 is 1.91 bits per heavy atom. The van der Waals surface area contributed by atoms with E-state index in [2.05, 4.69) is 39.1 Å². The molecule has 2 bridgehead atoms. The van der Waals surface area contributed by atoms with Gasteiger partial charge in [0.15, 0.2) is 0 Å². The minimum Gasteiger partial charge on any atom is -0.469 e. The van der Waals surface area contributed by atoms with Crippen LogP contribution in [0.1, 0.15) is 50.8 Å². The number of furan rings is 1. The van der Waals surface area contributed by atoms with Crippen LogP contribution in [0.25, 0.3) is 0 Å². The molecule has 172 valence electrons. The van der Waals surface area contributed by atoms with Crippen molar-refractivity contribution in [1.29, 1.82) is 0 Å². The lowest BCUT2D eigenvalue weighted by molar-refractivity contribution is -0.129. The highest BCUT2D eigenvalue weighted by Gasteiger charge is 2.72. The van der Waals surface area contributed by atoms with Gasteiger partial charge in [-0.25, -0.2) is 12.7 Å². The number of hydrogen-bond acceptors (Lipinski definition) is 4. The van der Waals surface area contributed by atoms with Crippen LogP contribution in [0.5, 0.6) is 0 Å². The van der Waals surface area contributed by atoms with Gasteiger partial charge in [-0.15, -0.1) is 0 Å². The molecule has 1 aliphatic heterocycles. The maximum atomic E-state index is 13.8. The molecule has 2 saturated carbocycles. The number of nitrogens with zero attached hydrogens (tertiary/aromatic N) is 1. The van der Waals surface area contributed by atoms with Gasteiger partial charge in [-0.1, -0.05) is 62.5 Å². The van der Waals surface area contributed by atoms with Gasteiger partial charge in [0.25, 0.3) is 0 Å². The maximum Gasteiger partial charge on any atom is 0.238 e. The molecule has 2 heterocycles. The predicted molar refractivity (Wildman–Crippen MR) is 128 cm³/mol. The monoisotopic (exact) mass is 471 g/mol. The Morgan fingerprint density at radius 1 is 1.19 bits per heavy atom. The third-order valence-electron chi connectivity index (χ3n) is 9.31. The fraction of sp³-hybridized carbons (Fsp3) is 0.560. The van der Waals surface area contributed by atoms with Crippen LogP contribution in [0.4, 0.5) is 0 Å². The SMILES string of the molecule is CC1(C)[C@@H]2CC[C@]13CS(=O)(=O)N(C(=O)C[C@H](c1ccco1)[Si](C)(C)c1ccccc1)[C@@H]3C2. The van der Waals surface area contributed by atoms with Crippen molar-refractivity contribution in [1.82, 2.24) is 4.31 Å². The molecular weight excluding hydrogens is 438 g/mol. The molecule has 32 heavy (non-hydrogen) atoms. The molecule has 5 nitrogen and oxygen atoms in total. The molecule has 7 heteroatoms. The van der Waals surface area contributed by atoms with Gasteiger partial charge in [0.2, 0.25) is 15.9 Å². The Hall–Kier alpha value is -1.86. The van der Waals surface area contributed by atoms with Crippen LogP contribution >= 0.6 is 0 Å². The van der Waals surface area contributed by atoms with Crippen molar-refractivity contribution in [2.45, 2.75) is 64.2 Å². The zero-order chi connectivity index (χ0) is 22.9. The second-order valence-electron chi connectivity index (χ2n) is 11.2. The Morgan fingerprint density at radius 3 is 2.53 bits per heavy atom. The van der Waals surface area contributed by atoms with Gasteiger partial charge in [-0.05, 0) is 42.7 Å². The van der Waals surface area contributed by atoms with Crippen LogP contribution in [0, 0.1) is 16.7 Å². The Bertz CT molecular complexity index is 1130. The summed E-state index contributed by atoms with van der Waals surface area (Å²) in [7, 11) is -5.81. The number of rotatable bonds is 5. The lowest BCUT2D eigenvalue weighted by Crippen LogP contribution is -2.50. The summed E-state index contributed by atoms with van der Waals surface area (Å²) in [5.74, 6) is 1.13. The maximum absolute atomic E-state index is 13.8. The van der Waals surface area contributed by atoms with Crippen molar-refractivity contribution in [3.8, 4) is 0 Å². The van der Waals surface area contributed by atoms with E-state index < -0.39 is 18.1 Å². The Kier molecular flexibility index (Phi) is 4.85. The molecule has 3 fully saturated rings. The molecule has 1 spiro atoms. The summed E-state index contributed by atoms with van der Waals surface area (Å²) >= 11 is 0. The smallest absolute Gasteiger partial charge is 0.238 e. The van der Waals surface area contributed by atoms with Gasteiger partial charge in [0.05, 0.1) is 26.1 Å². The van der Waals surface area contributed by atoms with Crippen LogP contribution in [0.2, 0.25) is 13.1 Å². The molecule has 3 aliphatic rings. The molecule has 1 aromatic carbocycles. The highest BCUT2D eigenvalue weighted by Crippen LogP contribution is 2.70. The molecule has 4 atom stereocenters. The van der Waals surface area contributed by atoms with Gasteiger partial charge in [0.1, 0.15) is 5.76 Å². The van der Waals surface area contributed by atoms with Crippen LogP contribution < -0.4 is 5.19 Å². The number of benzene rings is 1. The fourth-order valence-corrected chi connectivity index (χ4v) is 12.7. The van der Waals surface area contributed by atoms with Crippen molar-refractivity contribution in [2.24, 2.45) is 16.7 Å². The third-order valence-corrected chi connectivity index (χ3v) is 15.3. The van der Waals surface area contributed by atoms with E-state index in [1.54, 1.807) is 6.26 Å². The molecular formula is C25H33NO4SSi. The van der Waals surface area contributed by atoms with E-state index in [1.165, 1.54) is 9.49 Å². The average molecular weight is 472 g/mol. The Labute approximate surface area is 192 Å². The molecule has 1 amide bonds. The fourth-order valence-electron chi connectivity index (χ4n) is 7.15. The summed E-state index contributed by atoms with van der Waals surface area (Å²) in [6.07, 6.45) is 4.60. The van der Waals surface area contributed by atoms with E-state index in [4.69, 9.17) is 4.42 Å². The zero-order valence-electron chi connectivity index (χ0n) is 19.4. The summed E-state index contributed by atoms with van der Waals surface area (Å²) in [4.78, 5) is 13.8. The first kappa shape index (κ1) is 22.0. The van der Waals surface area contributed by atoms with E-state index in [0.717, 1.165) is 25.0 Å². The lowest BCUT2D eigenvalue weighted by Gasteiger charge is -2.37. The van der Waals surface area contributed by atoms with E-state index in [9.17, 15) is 13.2 Å². The summed E-state index contributed by atoms with van der Waals surface area (Å²) in [6.45, 7) is 8.91.